The highest BCUT2D eigenvalue weighted by molar-refractivity contribution is 5.86. The number of fused-ring (bicyclic) bond motifs is 2. The summed E-state index contributed by atoms with van der Waals surface area (Å²) in [5.74, 6) is -1.21. The van der Waals surface area contributed by atoms with Gasteiger partial charge < -0.3 is 15.4 Å². The van der Waals surface area contributed by atoms with Crippen LogP contribution in [0.5, 0.6) is 0 Å². The van der Waals surface area contributed by atoms with E-state index < -0.39 is 41.2 Å². The molecule has 0 radical (unpaired) electrons. The number of rotatable bonds is 5. The molecule has 2 aromatic carbocycles. The second-order valence-corrected chi connectivity index (χ2v) is 8.03. The highest BCUT2D eigenvalue weighted by Gasteiger charge is 2.57. The molecule has 0 aliphatic heterocycles. The van der Waals surface area contributed by atoms with Gasteiger partial charge in [0, 0.05) is 28.7 Å². The Balaban J connectivity index is 1.70. The van der Waals surface area contributed by atoms with Gasteiger partial charge in [-0.3, -0.25) is 4.79 Å². The van der Waals surface area contributed by atoms with Crippen LogP contribution in [0.4, 0.5) is 17.6 Å². The highest BCUT2D eigenvalue weighted by Crippen LogP contribution is 2.47. The van der Waals surface area contributed by atoms with E-state index in [-0.39, 0.29) is 11.0 Å². The molecule has 3 N–H and O–H groups in total. The highest BCUT2D eigenvalue weighted by atomic mass is 19.4. The van der Waals surface area contributed by atoms with Crippen LogP contribution in [0, 0.1) is 5.82 Å². The molecule has 1 amide bonds. The van der Waals surface area contributed by atoms with E-state index >= 15 is 0 Å². The number of primary amides is 1. The van der Waals surface area contributed by atoms with Gasteiger partial charge >= 0.3 is 6.18 Å². The van der Waals surface area contributed by atoms with Gasteiger partial charge in [0.15, 0.2) is 0 Å². The first-order valence-corrected chi connectivity index (χ1v) is 10.4. The maximum Gasteiger partial charge on any atom is 0.425 e. The van der Waals surface area contributed by atoms with E-state index in [1.54, 1.807) is 0 Å². The molecule has 7 nitrogen and oxygen atoms in total. The standard InChI is InChI=1S/C24H17F4N5O2/c25-16-4-6-17(7-5-16)33-20-8-3-15(10-14(20)11-31-33)23(35,24(26,27)28)19-12-32(13-21(29)34)22-18(19)2-1-9-30-22/h1-12,35H,13H2,(H2,29,34). The Morgan fingerprint density at radius 3 is 2.51 bits per heavy atom. The zero-order chi connectivity index (χ0) is 25.0. The number of nitrogens with two attached hydrogens (primary N) is 1. The van der Waals surface area contributed by atoms with Crippen LogP contribution in [0.1, 0.15) is 11.1 Å². The molecular weight excluding hydrogens is 466 g/mol. The molecule has 3 aromatic heterocycles. The van der Waals surface area contributed by atoms with Gasteiger partial charge in [0.05, 0.1) is 17.4 Å². The lowest BCUT2D eigenvalue weighted by molar-refractivity contribution is -0.247. The minimum atomic E-state index is -5.13. The molecule has 0 saturated heterocycles. The van der Waals surface area contributed by atoms with Crippen LogP contribution in [0.2, 0.25) is 0 Å². The summed E-state index contributed by atoms with van der Waals surface area (Å²) in [6.45, 7) is -0.412. The fraction of sp³-hybridized carbons (Fsp3) is 0.125. The normalized spacial score (nSPS) is 13.9. The number of carbonyl (C=O) groups is 1. The lowest BCUT2D eigenvalue weighted by Crippen LogP contribution is -2.43. The van der Waals surface area contributed by atoms with E-state index in [0.717, 1.165) is 12.3 Å². The summed E-state index contributed by atoms with van der Waals surface area (Å²) in [5.41, 5.74) is 1.94. The van der Waals surface area contributed by atoms with Crippen LogP contribution < -0.4 is 5.73 Å². The number of halogens is 4. The SMILES string of the molecule is NC(=O)Cn1cc(C(O)(c2ccc3c(cnn3-c3ccc(F)cc3)c2)C(F)(F)F)c2cccnc21. The van der Waals surface area contributed by atoms with E-state index in [1.807, 2.05) is 0 Å². The Kier molecular flexibility index (Phi) is 5.09. The molecule has 0 bridgehead atoms. The van der Waals surface area contributed by atoms with E-state index in [2.05, 4.69) is 10.1 Å². The molecule has 5 aromatic rings. The number of amides is 1. The Morgan fingerprint density at radius 1 is 1.09 bits per heavy atom. The number of benzene rings is 2. The summed E-state index contributed by atoms with van der Waals surface area (Å²) < 4.78 is 59.6. The van der Waals surface area contributed by atoms with Crippen molar-refractivity contribution in [3.05, 3.63) is 90.1 Å². The second kappa shape index (κ2) is 7.91. The third-order valence-electron chi connectivity index (χ3n) is 5.82. The van der Waals surface area contributed by atoms with Crippen LogP contribution in [0.15, 0.2) is 73.2 Å². The Bertz CT molecular complexity index is 1570. The van der Waals surface area contributed by atoms with E-state index in [4.69, 9.17) is 5.73 Å². The van der Waals surface area contributed by atoms with E-state index in [0.29, 0.717) is 16.6 Å². The fourth-order valence-electron chi connectivity index (χ4n) is 4.22. The lowest BCUT2D eigenvalue weighted by atomic mass is 9.85. The van der Waals surface area contributed by atoms with Crippen molar-refractivity contribution >= 4 is 27.8 Å². The van der Waals surface area contributed by atoms with E-state index in [1.165, 1.54) is 70.2 Å². The largest absolute Gasteiger partial charge is 0.425 e. The molecule has 5 rings (SSSR count). The summed E-state index contributed by atoms with van der Waals surface area (Å²) in [6, 6.07) is 12.0. The first-order chi connectivity index (χ1) is 16.6. The molecule has 178 valence electrons. The molecule has 1 atom stereocenters. The molecule has 0 spiro atoms. The molecule has 11 heteroatoms. The zero-order valence-corrected chi connectivity index (χ0v) is 17.9. The third kappa shape index (κ3) is 3.60. The van der Waals surface area contributed by atoms with Gasteiger partial charge in [-0.1, -0.05) is 6.07 Å². The average molecular weight is 483 g/mol. The second-order valence-electron chi connectivity index (χ2n) is 8.03. The number of carbonyl (C=O) groups excluding carboxylic acids is 1. The van der Waals surface area contributed by atoms with Crippen LogP contribution in [0.3, 0.4) is 0 Å². The summed E-state index contributed by atoms with van der Waals surface area (Å²) in [5, 5.41) is 15.9. The Morgan fingerprint density at radius 2 is 1.83 bits per heavy atom. The summed E-state index contributed by atoms with van der Waals surface area (Å²) in [4.78, 5) is 15.6. The number of aromatic nitrogens is 4. The number of hydrogen-bond acceptors (Lipinski definition) is 4. The van der Waals surface area contributed by atoms with Crippen molar-refractivity contribution in [2.24, 2.45) is 5.73 Å². The van der Waals surface area contributed by atoms with Gasteiger partial charge in [-0.25, -0.2) is 14.1 Å². The topological polar surface area (TPSA) is 99.0 Å². The quantitative estimate of drug-likeness (QED) is 0.372. The van der Waals surface area contributed by atoms with Gasteiger partial charge in [0.25, 0.3) is 0 Å². The van der Waals surface area contributed by atoms with Crippen molar-refractivity contribution < 1.29 is 27.5 Å². The van der Waals surface area contributed by atoms with Crippen molar-refractivity contribution in [1.29, 1.82) is 0 Å². The van der Waals surface area contributed by atoms with Crippen molar-refractivity contribution in [2.75, 3.05) is 0 Å². The lowest BCUT2D eigenvalue weighted by Gasteiger charge is -2.31. The maximum absolute atomic E-state index is 14.6. The van der Waals surface area contributed by atoms with Crippen LogP contribution >= 0.6 is 0 Å². The Hall–Kier alpha value is -4.25. The van der Waals surface area contributed by atoms with Crippen LogP contribution in [0.25, 0.3) is 27.6 Å². The molecular formula is C24H17F4N5O2. The first kappa shape index (κ1) is 22.5. The van der Waals surface area contributed by atoms with Crippen LogP contribution in [-0.2, 0) is 16.9 Å². The summed E-state index contributed by atoms with van der Waals surface area (Å²) in [7, 11) is 0. The molecule has 0 aliphatic carbocycles. The summed E-state index contributed by atoms with van der Waals surface area (Å²) >= 11 is 0. The molecule has 0 aliphatic rings. The number of pyridine rings is 1. The first-order valence-electron chi connectivity index (χ1n) is 10.4. The smallest absolute Gasteiger partial charge is 0.372 e. The predicted molar refractivity (Wildman–Crippen MR) is 119 cm³/mol. The number of hydrogen-bond donors (Lipinski definition) is 2. The molecule has 0 fully saturated rings. The van der Waals surface area contributed by atoms with Gasteiger partial charge in [-0.15, -0.1) is 0 Å². The van der Waals surface area contributed by atoms with Gasteiger partial charge in [0.2, 0.25) is 11.5 Å². The maximum atomic E-state index is 14.6. The predicted octanol–water partition coefficient (Wildman–Crippen LogP) is 3.80. The molecule has 35 heavy (non-hydrogen) atoms. The minimum Gasteiger partial charge on any atom is -0.372 e. The fourth-order valence-corrected chi connectivity index (χ4v) is 4.22. The Labute approximate surface area is 195 Å². The minimum absolute atomic E-state index is 0.0238. The number of alkyl halides is 3. The average Bonchev–Trinajstić information content (AvgIpc) is 3.40. The van der Waals surface area contributed by atoms with Crippen molar-refractivity contribution in [3.8, 4) is 5.69 Å². The summed E-state index contributed by atoms with van der Waals surface area (Å²) in [6.07, 6.45) is -1.36. The molecule has 1 unspecified atom stereocenters. The molecule has 3 heterocycles. The van der Waals surface area contributed by atoms with Crippen molar-refractivity contribution in [3.63, 3.8) is 0 Å². The van der Waals surface area contributed by atoms with Gasteiger partial charge in [-0.05, 0) is 54.1 Å². The molecule has 0 saturated carbocycles. The monoisotopic (exact) mass is 483 g/mol. The zero-order valence-electron chi connectivity index (χ0n) is 17.9. The van der Waals surface area contributed by atoms with Crippen LogP contribution in [-0.4, -0.2) is 36.5 Å². The van der Waals surface area contributed by atoms with Gasteiger partial charge in [-0.2, -0.15) is 18.3 Å². The van der Waals surface area contributed by atoms with E-state index in [9.17, 15) is 27.5 Å². The van der Waals surface area contributed by atoms with Crippen molar-refractivity contribution in [1.82, 2.24) is 19.3 Å². The number of aliphatic hydroxyl groups is 1. The van der Waals surface area contributed by atoms with Gasteiger partial charge in [0.1, 0.15) is 18.0 Å². The van der Waals surface area contributed by atoms with Crippen molar-refractivity contribution in [2.45, 2.75) is 18.3 Å². The third-order valence-corrected chi connectivity index (χ3v) is 5.82. The number of nitrogens with zero attached hydrogens (tertiary/aromatic N) is 4.